The molecule has 0 spiro atoms. The molecule has 0 unspecified atom stereocenters. The molecule has 3 aliphatic rings. The molecule has 140 valence electrons. The quantitative estimate of drug-likeness (QED) is 0.730. The molecular formula is C20H25NO3S2. The van der Waals surface area contributed by atoms with E-state index < -0.39 is 0 Å². The average molecular weight is 392 g/mol. The number of thioether (sulfide) groups is 1. The number of aryl methyl sites for hydroxylation is 1. The van der Waals surface area contributed by atoms with Crippen molar-refractivity contribution in [2.24, 2.45) is 5.92 Å². The molecule has 1 atom stereocenters. The number of thiophene rings is 1. The van der Waals surface area contributed by atoms with E-state index in [9.17, 15) is 9.59 Å². The predicted molar refractivity (Wildman–Crippen MR) is 106 cm³/mol. The van der Waals surface area contributed by atoms with Crippen LogP contribution in [-0.2, 0) is 32.9 Å². The number of piperidine rings is 1. The molecule has 0 bridgehead atoms. The Kier molecular flexibility index (Phi) is 5.41. The van der Waals surface area contributed by atoms with Crippen molar-refractivity contribution in [2.75, 3.05) is 19.7 Å². The van der Waals surface area contributed by atoms with Crippen molar-refractivity contribution in [2.45, 2.75) is 51.2 Å². The van der Waals surface area contributed by atoms with Gasteiger partial charge in [-0.2, -0.15) is 0 Å². The number of hydrogen-bond donors (Lipinski definition) is 0. The Balaban J connectivity index is 1.50. The Labute approximate surface area is 163 Å². The number of nitrogens with zero attached hydrogens (tertiary/aromatic N) is 1. The lowest BCUT2D eigenvalue weighted by molar-refractivity contribution is -0.150. The maximum absolute atomic E-state index is 13.0. The largest absolute Gasteiger partial charge is 0.466 e. The zero-order valence-electron chi connectivity index (χ0n) is 15.2. The highest BCUT2D eigenvalue weighted by atomic mass is 32.2. The monoisotopic (exact) mass is 391 g/mol. The highest BCUT2D eigenvalue weighted by Gasteiger charge is 2.32. The van der Waals surface area contributed by atoms with Crippen LogP contribution < -0.4 is 0 Å². The second-order valence-corrected chi connectivity index (χ2v) is 9.35. The van der Waals surface area contributed by atoms with Gasteiger partial charge in [0.1, 0.15) is 0 Å². The van der Waals surface area contributed by atoms with Crippen LogP contribution in [0.3, 0.4) is 0 Å². The van der Waals surface area contributed by atoms with E-state index >= 15 is 0 Å². The van der Waals surface area contributed by atoms with Crippen molar-refractivity contribution < 1.29 is 14.3 Å². The maximum atomic E-state index is 13.0. The molecule has 4 rings (SSSR count). The molecule has 1 aliphatic carbocycles. The summed E-state index contributed by atoms with van der Waals surface area (Å²) >= 11 is 3.55. The first kappa shape index (κ1) is 18.1. The molecule has 2 aliphatic heterocycles. The third-order valence-corrected chi connectivity index (χ3v) is 7.80. The molecule has 1 amide bonds. The second kappa shape index (κ2) is 7.77. The second-order valence-electron chi connectivity index (χ2n) is 7.19. The molecule has 0 aromatic carbocycles. The molecule has 1 saturated heterocycles. The molecule has 0 radical (unpaired) electrons. The van der Waals surface area contributed by atoms with E-state index in [-0.39, 0.29) is 17.8 Å². The summed E-state index contributed by atoms with van der Waals surface area (Å²) in [5.41, 5.74) is 3.03. The molecule has 6 heteroatoms. The molecule has 3 heterocycles. The summed E-state index contributed by atoms with van der Waals surface area (Å²) in [5.74, 6) is 0.657. The predicted octanol–water partition coefficient (Wildman–Crippen LogP) is 4.02. The van der Waals surface area contributed by atoms with Gasteiger partial charge in [0.25, 0.3) is 5.91 Å². The lowest BCUT2D eigenvalue weighted by Crippen LogP contribution is -2.43. The standard InChI is InChI=1S/C20H25NO3S2/c1-2-24-20(23)13-6-5-9-21(11-13)19(22)18-10-17-15(12-25-18)14-7-3-4-8-16(14)26-17/h10,13H,2-9,11-12H2,1H3/t13-/m0/s1. The Hall–Kier alpha value is -1.27. The topological polar surface area (TPSA) is 46.6 Å². The molecule has 26 heavy (non-hydrogen) atoms. The van der Waals surface area contributed by atoms with Crippen LogP contribution in [0.15, 0.2) is 4.91 Å². The van der Waals surface area contributed by atoms with Crippen molar-refractivity contribution in [3.63, 3.8) is 0 Å². The van der Waals surface area contributed by atoms with Gasteiger partial charge in [-0.15, -0.1) is 23.1 Å². The Morgan fingerprint density at radius 2 is 2.08 bits per heavy atom. The van der Waals surface area contributed by atoms with E-state index in [2.05, 4.69) is 6.08 Å². The van der Waals surface area contributed by atoms with Crippen LogP contribution in [0.25, 0.3) is 6.08 Å². The third kappa shape index (κ3) is 3.46. The fraction of sp³-hybridized carbons (Fsp3) is 0.600. The third-order valence-electron chi connectivity index (χ3n) is 5.49. The lowest BCUT2D eigenvalue weighted by Gasteiger charge is -2.32. The van der Waals surface area contributed by atoms with E-state index in [1.54, 1.807) is 17.3 Å². The first-order valence-corrected chi connectivity index (χ1v) is 11.4. The first-order chi connectivity index (χ1) is 12.7. The summed E-state index contributed by atoms with van der Waals surface area (Å²) in [6.45, 7) is 3.45. The van der Waals surface area contributed by atoms with E-state index in [4.69, 9.17) is 4.74 Å². The number of rotatable bonds is 3. The fourth-order valence-corrected chi connectivity index (χ4v) is 6.74. The SMILES string of the molecule is CCOC(=O)[C@H]1CCCN(C(=O)C2=Cc3sc4c(c3CS2)CCCC4)C1. The van der Waals surface area contributed by atoms with Crippen LogP contribution in [-0.4, -0.2) is 36.5 Å². The van der Waals surface area contributed by atoms with Gasteiger partial charge in [-0.1, -0.05) is 0 Å². The number of carbonyl (C=O) groups is 2. The van der Waals surface area contributed by atoms with Gasteiger partial charge < -0.3 is 9.64 Å². The average Bonchev–Trinajstić information content (AvgIpc) is 3.05. The summed E-state index contributed by atoms with van der Waals surface area (Å²) in [5, 5.41) is 0. The Bertz CT molecular complexity index is 752. The van der Waals surface area contributed by atoms with E-state index in [1.165, 1.54) is 41.0 Å². The fourth-order valence-electron chi connectivity index (χ4n) is 4.13. The number of esters is 1. The minimum atomic E-state index is -0.175. The highest BCUT2D eigenvalue weighted by Crippen LogP contribution is 2.43. The summed E-state index contributed by atoms with van der Waals surface area (Å²) in [4.78, 5) is 30.6. The number of ether oxygens (including phenoxy) is 1. The van der Waals surface area contributed by atoms with Crippen molar-refractivity contribution >= 4 is 41.1 Å². The molecule has 1 aromatic rings. The number of amides is 1. The van der Waals surface area contributed by atoms with Crippen molar-refractivity contribution in [3.05, 3.63) is 25.8 Å². The van der Waals surface area contributed by atoms with Crippen molar-refractivity contribution in [3.8, 4) is 0 Å². The number of hydrogen-bond acceptors (Lipinski definition) is 5. The number of carbonyl (C=O) groups excluding carboxylic acids is 2. The van der Waals surface area contributed by atoms with Crippen LogP contribution in [0.4, 0.5) is 0 Å². The number of likely N-dealkylation sites (tertiary alicyclic amines) is 1. The van der Waals surface area contributed by atoms with Crippen molar-refractivity contribution in [1.29, 1.82) is 0 Å². The van der Waals surface area contributed by atoms with Crippen LogP contribution in [0, 0.1) is 5.92 Å². The van der Waals surface area contributed by atoms with Gasteiger partial charge in [0.2, 0.25) is 0 Å². The van der Waals surface area contributed by atoms with Gasteiger partial charge in [-0.3, -0.25) is 9.59 Å². The summed E-state index contributed by atoms with van der Waals surface area (Å²) < 4.78 is 5.15. The van der Waals surface area contributed by atoms with Crippen LogP contribution in [0.2, 0.25) is 0 Å². The number of fused-ring (bicyclic) bond motifs is 3. The van der Waals surface area contributed by atoms with Gasteiger partial charge in [0, 0.05) is 28.6 Å². The summed E-state index contributed by atoms with van der Waals surface area (Å²) in [7, 11) is 0. The smallest absolute Gasteiger partial charge is 0.310 e. The molecule has 0 saturated carbocycles. The van der Waals surface area contributed by atoms with Crippen LogP contribution in [0.1, 0.15) is 53.5 Å². The maximum Gasteiger partial charge on any atom is 0.310 e. The minimum Gasteiger partial charge on any atom is -0.466 e. The van der Waals surface area contributed by atoms with Gasteiger partial charge >= 0.3 is 5.97 Å². The zero-order chi connectivity index (χ0) is 18.1. The summed E-state index contributed by atoms with van der Waals surface area (Å²) in [6.07, 6.45) is 8.76. The Morgan fingerprint density at radius 1 is 1.23 bits per heavy atom. The van der Waals surface area contributed by atoms with Crippen LogP contribution in [0.5, 0.6) is 0 Å². The lowest BCUT2D eigenvalue weighted by atomic mass is 9.95. The highest BCUT2D eigenvalue weighted by molar-refractivity contribution is 8.03. The van der Waals surface area contributed by atoms with E-state index in [0.717, 1.165) is 30.0 Å². The normalized spacial score (nSPS) is 22.3. The van der Waals surface area contributed by atoms with Gasteiger partial charge in [0.05, 0.1) is 17.4 Å². The molecule has 1 aromatic heterocycles. The van der Waals surface area contributed by atoms with Gasteiger partial charge in [-0.25, -0.2) is 0 Å². The van der Waals surface area contributed by atoms with E-state index in [1.807, 2.05) is 23.2 Å². The zero-order valence-corrected chi connectivity index (χ0v) is 16.8. The minimum absolute atomic E-state index is 0.0843. The van der Waals surface area contributed by atoms with Gasteiger partial charge in [-0.05, 0) is 62.7 Å². The van der Waals surface area contributed by atoms with E-state index in [0.29, 0.717) is 13.2 Å². The molecule has 1 fully saturated rings. The van der Waals surface area contributed by atoms with Crippen molar-refractivity contribution in [1.82, 2.24) is 4.90 Å². The molecular weight excluding hydrogens is 366 g/mol. The first-order valence-electron chi connectivity index (χ1n) is 9.61. The van der Waals surface area contributed by atoms with Crippen LogP contribution >= 0.6 is 23.1 Å². The summed E-state index contributed by atoms with van der Waals surface area (Å²) in [6, 6.07) is 0. The van der Waals surface area contributed by atoms with Gasteiger partial charge in [0.15, 0.2) is 0 Å². The molecule has 4 nitrogen and oxygen atoms in total. The molecule has 0 N–H and O–H groups in total. The Morgan fingerprint density at radius 3 is 2.92 bits per heavy atom.